The van der Waals surface area contributed by atoms with E-state index in [1.807, 2.05) is 0 Å². The van der Waals surface area contributed by atoms with Gasteiger partial charge in [-0.25, -0.2) is 9.13 Å². The highest BCUT2D eigenvalue weighted by molar-refractivity contribution is 7.47. The van der Waals surface area contributed by atoms with Gasteiger partial charge in [-0.05, 0) is 31.6 Å². The minimum atomic E-state index is -4.97. The summed E-state index contributed by atoms with van der Waals surface area (Å²) >= 11 is 0. The first-order valence-electron chi connectivity index (χ1n) is 46.1. The van der Waals surface area contributed by atoms with E-state index in [1.54, 1.807) is 0 Å². The van der Waals surface area contributed by atoms with E-state index in [4.69, 9.17) is 37.0 Å². The van der Waals surface area contributed by atoms with Gasteiger partial charge in [-0.3, -0.25) is 37.3 Å². The van der Waals surface area contributed by atoms with E-state index in [-0.39, 0.29) is 25.7 Å². The van der Waals surface area contributed by atoms with Gasteiger partial charge in [0.25, 0.3) is 0 Å². The molecule has 0 aromatic rings. The van der Waals surface area contributed by atoms with Crippen LogP contribution in [-0.4, -0.2) is 96.7 Å². The summed E-state index contributed by atoms with van der Waals surface area (Å²) in [5, 5.41) is 10.7. The Morgan fingerprint density at radius 1 is 0.250 bits per heavy atom. The number of rotatable bonds is 89. The van der Waals surface area contributed by atoms with Crippen LogP contribution < -0.4 is 0 Å². The smallest absolute Gasteiger partial charge is 0.462 e. The second-order valence-electron chi connectivity index (χ2n) is 32.5. The minimum absolute atomic E-state index is 0.109. The lowest BCUT2D eigenvalue weighted by molar-refractivity contribution is -0.161. The van der Waals surface area contributed by atoms with Crippen LogP contribution in [0.25, 0.3) is 0 Å². The average molecular weight is 1580 g/mol. The fourth-order valence-corrected chi connectivity index (χ4v) is 15.6. The highest BCUT2D eigenvalue weighted by Gasteiger charge is 2.30. The maximum atomic E-state index is 13.2. The lowest BCUT2D eigenvalue weighted by Crippen LogP contribution is -2.30. The molecule has 17 nitrogen and oxygen atoms in total. The zero-order valence-corrected chi connectivity index (χ0v) is 72.8. The first kappa shape index (κ1) is 106. The Bertz CT molecular complexity index is 2050. The van der Waals surface area contributed by atoms with Gasteiger partial charge in [0.1, 0.15) is 19.3 Å². The fourth-order valence-electron chi connectivity index (χ4n) is 14.0. The van der Waals surface area contributed by atoms with Crippen LogP contribution in [0.5, 0.6) is 0 Å². The molecule has 0 spiro atoms. The van der Waals surface area contributed by atoms with E-state index in [9.17, 15) is 43.2 Å². The van der Waals surface area contributed by atoms with Crippen molar-refractivity contribution in [2.45, 2.75) is 502 Å². The molecule has 642 valence electrons. The number of unbranched alkanes of at least 4 members (excludes halogenated alkanes) is 61. The second kappa shape index (κ2) is 81.6. The lowest BCUT2D eigenvalue weighted by atomic mass is 10.0. The number of hydrogen-bond donors (Lipinski definition) is 3. The third-order valence-electron chi connectivity index (χ3n) is 21.0. The first-order valence-corrected chi connectivity index (χ1v) is 49.1. The van der Waals surface area contributed by atoms with Gasteiger partial charge in [0.15, 0.2) is 12.2 Å². The van der Waals surface area contributed by atoms with Gasteiger partial charge < -0.3 is 33.8 Å². The van der Waals surface area contributed by atoms with Crippen LogP contribution in [0.1, 0.15) is 484 Å². The molecule has 0 saturated carbocycles. The molecule has 0 bridgehead atoms. The normalized spacial score (nSPS) is 13.7. The van der Waals surface area contributed by atoms with Crippen molar-refractivity contribution in [1.29, 1.82) is 0 Å². The highest BCUT2D eigenvalue weighted by atomic mass is 31.2. The Hall–Kier alpha value is -1.94. The summed E-state index contributed by atoms with van der Waals surface area (Å²) in [6.07, 6.45) is 76.4. The zero-order valence-electron chi connectivity index (χ0n) is 71.0. The number of hydrogen-bond acceptors (Lipinski definition) is 15. The molecular weight excluding hydrogens is 1400 g/mol. The molecule has 0 saturated heterocycles. The van der Waals surface area contributed by atoms with Crippen LogP contribution in [0.2, 0.25) is 0 Å². The molecule has 0 radical (unpaired) electrons. The molecule has 0 aliphatic rings. The molecule has 0 aliphatic heterocycles. The summed E-state index contributed by atoms with van der Waals surface area (Å²) in [5.74, 6) is -1.28. The molecule has 3 N–H and O–H groups in total. The van der Waals surface area contributed by atoms with Crippen molar-refractivity contribution in [3.05, 3.63) is 0 Å². The lowest BCUT2D eigenvalue weighted by Gasteiger charge is -2.21. The number of carbonyl (C=O) groups is 4. The Kier molecular flexibility index (Phi) is 80.2. The molecule has 0 rings (SSSR count). The number of carbonyl (C=O) groups excluding carboxylic acids is 4. The third-order valence-corrected chi connectivity index (χ3v) is 22.9. The molecule has 19 heteroatoms. The number of phosphoric ester groups is 2. The second-order valence-corrected chi connectivity index (χ2v) is 35.4. The molecule has 0 aliphatic carbocycles. The zero-order chi connectivity index (χ0) is 79.0. The maximum absolute atomic E-state index is 13.2. The average Bonchev–Trinajstić information content (AvgIpc) is 0.897. The molecule has 0 fully saturated rings. The molecule has 0 aromatic heterocycles. The number of phosphoric acid groups is 2. The predicted octanol–water partition coefficient (Wildman–Crippen LogP) is 27.5. The number of esters is 4. The van der Waals surface area contributed by atoms with Crippen LogP contribution in [0.15, 0.2) is 0 Å². The van der Waals surface area contributed by atoms with E-state index in [0.29, 0.717) is 25.7 Å². The van der Waals surface area contributed by atoms with Gasteiger partial charge in [-0.2, -0.15) is 0 Å². The molecule has 0 amide bonds. The van der Waals surface area contributed by atoms with E-state index >= 15 is 0 Å². The van der Waals surface area contributed by atoms with Crippen LogP contribution in [0.3, 0.4) is 0 Å². The van der Waals surface area contributed by atoms with Gasteiger partial charge in [0.2, 0.25) is 0 Å². The summed E-state index contributed by atoms with van der Waals surface area (Å²) in [4.78, 5) is 73.3. The van der Waals surface area contributed by atoms with Crippen LogP contribution in [0.4, 0.5) is 0 Å². The van der Waals surface area contributed by atoms with Gasteiger partial charge in [-0.15, -0.1) is 0 Å². The van der Waals surface area contributed by atoms with Crippen molar-refractivity contribution >= 4 is 39.5 Å². The van der Waals surface area contributed by atoms with E-state index < -0.39 is 97.5 Å². The Labute approximate surface area is 664 Å². The molecule has 0 heterocycles. The van der Waals surface area contributed by atoms with Crippen LogP contribution in [-0.2, 0) is 65.4 Å². The summed E-state index contributed by atoms with van der Waals surface area (Å²) in [7, 11) is -9.93. The highest BCUT2D eigenvalue weighted by Crippen LogP contribution is 2.45. The fraction of sp³-hybridized carbons (Fsp3) is 0.955. The van der Waals surface area contributed by atoms with Crippen LogP contribution >= 0.6 is 15.6 Å². The van der Waals surface area contributed by atoms with Gasteiger partial charge in [0.05, 0.1) is 26.4 Å². The standard InChI is InChI=1S/C89H174O17P2/c1-6-9-12-15-18-21-24-26-28-30-31-32-33-34-35-41-45-50-55-60-65-70-75-89(94)106-85(79-100-87(92)73-68-63-58-53-48-43-40-37-36-38-42-47-51-56-61-66-71-82(4)5)81-104-108(97,98)102-77-83(90)76-101-107(95,96)103-80-84(78-99-86(91)72-67-62-57-52-46-23-20-17-14-11-8-3)105-88(93)74-69-64-59-54-49-44-39-29-27-25-22-19-16-13-10-7-2/h82-85,90H,6-81H2,1-5H3,(H,95,96)(H,97,98)/t83-,84+,85+/m0/s1. The SMILES string of the molecule is CCCCCCCCCCCCCCCCCCCCCCCCC(=O)O[C@H](COC(=O)CCCCCCCCCCCCCCCCCCC(C)C)COP(=O)(O)OC[C@@H](O)COP(=O)(O)OC[C@@H](COC(=O)CCCCCCCCCCCCC)OC(=O)CCCCCCCCCCCCCCCCCC. The third kappa shape index (κ3) is 82.1. The maximum Gasteiger partial charge on any atom is 0.472 e. The summed E-state index contributed by atoms with van der Waals surface area (Å²) in [6, 6.07) is 0. The van der Waals surface area contributed by atoms with Crippen molar-refractivity contribution in [3.8, 4) is 0 Å². The summed E-state index contributed by atoms with van der Waals surface area (Å²) in [6.45, 7) is 7.41. The van der Waals surface area contributed by atoms with Crippen LogP contribution in [0, 0.1) is 5.92 Å². The van der Waals surface area contributed by atoms with Gasteiger partial charge >= 0.3 is 39.5 Å². The summed E-state index contributed by atoms with van der Waals surface area (Å²) < 4.78 is 69.0. The van der Waals surface area contributed by atoms with Crippen molar-refractivity contribution in [3.63, 3.8) is 0 Å². The Morgan fingerprint density at radius 3 is 0.630 bits per heavy atom. The predicted molar refractivity (Wildman–Crippen MR) is 446 cm³/mol. The van der Waals surface area contributed by atoms with Crippen molar-refractivity contribution in [1.82, 2.24) is 0 Å². The monoisotopic (exact) mass is 1580 g/mol. The number of aliphatic hydroxyl groups is 1. The first-order chi connectivity index (χ1) is 52.5. The largest absolute Gasteiger partial charge is 0.472 e. The van der Waals surface area contributed by atoms with E-state index in [2.05, 4.69) is 34.6 Å². The molecule has 0 aromatic carbocycles. The molecule has 108 heavy (non-hydrogen) atoms. The van der Waals surface area contributed by atoms with E-state index in [0.717, 1.165) is 95.8 Å². The van der Waals surface area contributed by atoms with Gasteiger partial charge in [-0.1, -0.05) is 433 Å². The van der Waals surface area contributed by atoms with Crippen molar-refractivity contribution in [2.75, 3.05) is 39.6 Å². The molecule has 2 unspecified atom stereocenters. The minimum Gasteiger partial charge on any atom is -0.462 e. The number of ether oxygens (including phenoxy) is 4. The summed E-state index contributed by atoms with van der Waals surface area (Å²) in [5.41, 5.74) is 0. The topological polar surface area (TPSA) is 237 Å². The number of aliphatic hydroxyl groups excluding tert-OH is 1. The Morgan fingerprint density at radius 2 is 0.426 bits per heavy atom. The quantitative estimate of drug-likeness (QED) is 0.0222. The van der Waals surface area contributed by atoms with Gasteiger partial charge in [0, 0.05) is 25.7 Å². The Balaban J connectivity index is 5.23. The molecular formula is C89H174O17P2. The van der Waals surface area contributed by atoms with Crippen molar-refractivity contribution in [2.24, 2.45) is 5.92 Å². The van der Waals surface area contributed by atoms with Crippen molar-refractivity contribution < 1.29 is 80.2 Å². The van der Waals surface area contributed by atoms with E-state index in [1.165, 1.54) is 308 Å². The molecule has 5 atom stereocenters.